The van der Waals surface area contributed by atoms with Gasteiger partial charge in [-0.1, -0.05) is 23.2 Å². The Hall–Kier alpha value is -1.30. The number of amides is 1. The molecule has 1 aromatic rings. The highest BCUT2D eigenvalue weighted by Crippen LogP contribution is 2.25. The van der Waals surface area contributed by atoms with Crippen molar-refractivity contribution in [1.29, 1.82) is 0 Å². The van der Waals surface area contributed by atoms with Gasteiger partial charge in [0.2, 0.25) is 0 Å². The number of anilines is 1. The predicted octanol–water partition coefficient (Wildman–Crippen LogP) is 1.40. The van der Waals surface area contributed by atoms with Gasteiger partial charge in [-0.3, -0.25) is 9.59 Å². The van der Waals surface area contributed by atoms with Crippen LogP contribution in [0.25, 0.3) is 0 Å². The van der Waals surface area contributed by atoms with E-state index in [1.54, 1.807) is 18.2 Å². The van der Waals surface area contributed by atoms with Crippen LogP contribution in [0.15, 0.2) is 18.2 Å². The van der Waals surface area contributed by atoms with Gasteiger partial charge in [0.25, 0.3) is 5.91 Å². The molecule has 1 fully saturated rings. The molecule has 1 aliphatic rings. The first-order valence-electron chi connectivity index (χ1n) is 7.16. The van der Waals surface area contributed by atoms with Crippen LogP contribution in [-0.2, 0) is 14.3 Å². The van der Waals surface area contributed by atoms with Crippen molar-refractivity contribution >= 4 is 40.8 Å². The number of benzene rings is 1. The Labute approximate surface area is 139 Å². The molecule has 0 radical (unpaired) electrons. The fraction of sp³-hybridized carbons (Fsp3) is 0.467. The summed E-state index contributed by atoms with van der Waals surface area (Å²) in [5, 5.41) is 3.73. The third-order valence-corrected chi connectivity index (χ3v) is 4.39. The molecule has 0 bridgehead atoms. The van der Waals surface area contributed by atoms with Gasteiger partial charge in [-0.2, -0.15) is 0 Å². The lowest BCUT2D eigenvalue weighted by atomic mass is 9.97. The zero-order chi connectivity index (χ0) is 16.1. The fourth-order valence-electron chi connectivity index (χ4n) is 2.62. The minimum atomic E-state index is -0.156. The second-order valence-corrected chi connectivity index (χ2v) is 6.24. The number of hydrogen-bond acceptors (Lipinski definition) is 3. The molecule has 1 heterocycles. The molecule has 1 aliphatic heterocycles. The molecule has 22 heavy (non-hydrogen) atoms. The van der Waals surface area contributed by atoms with E-state index in [1.807, 2.05) is 0 Å². The summed E-state index contributed by atoms with van der Waals surface area (Å²) in [6, 6.07) is 4.95. The van der Waals surface area contributed by atoms with Gasteiger partial charge in [0.15, 0.2) is 6.54 Å². The van der Waals surface area contributed by atoms with Crippen molar-refractivity contribution in [2.75, 3.05) is 32.1 Å². The number of methoxy groups -OCH3 is 1. The monoisotopic (exact) mass is 345 g/mol. The molecule has 2 rings (SSSR count). The Kier molecular flexibility index (Phi) is 6.06. The Morgan fingerprint density at radius 1 is 1.32 bits per heavy atom. The van der Waals surface area contributed by atoms with Gasteiger partial charge in [0.1, 0.15) is 0 Å². The lowest BCUT2D eigenvalue weighted by Gasteiger charge is -2.27. The molecule has 0 spiro atoms. The molecule has 1 aromatic carbocycles. The highest BCUT2D eigenvalue weighted by atomic mass is 35.5. The normalized spacial score (nSPS) is 21.2. The number of carbonyl (C=O) groups is 2. The van der Waals surface area contributed by atoms with E-state index >= 15 is 0 Å². The maximum absolute atomic E-state index is 12.1. The van der Waals surface area contributed by atoms with Crippen molar-refractivity contribution in [3.8, 4) is 0 Å². The molecule has 0 atom stereocenters. The number of ether oxygens (including phenoxy) is 1. The predicted molar refractivity (Wildman–Crippen MR) is 85.4 cm³/mol. The average Bonchev–Trinajstić information content (AvgIpc) is 2.50. The van der Waals surface area contributed by atoms with Crippen LogP contribution in [0.1, 0.15) is 12.8 Å². The first-order valence-corrected chi connectivity index (χ1v) is 7.91. The molecular weight excluding hydrogens is 327 g/mol. The summed E-state index contributed by atoms with van der Waals surface area (Å²) in [5.41, 5.74) is 0.555. The van der Waals surface area contributed by atoms with Gasteiger partial charge >= 0.3 is 5.97 Å². The number of likely N-dealkylation sites (tertiary alicyclic amines) is 1. The van der Waals surface area contributed by atoms with E-state index in [9.17, 15) is 9.59 Å². The van der Waals surface area contributed by atoms with Gasteiger partial charge in [0.05, 0.1) is 36.8 Å². The van der Waals surface area contributed by atoms with Crippen molar-refractivity contribution in [2.24, 2.45) is 5.92 Å². The lowest BCUT2D eigenvalue weighted by Crippen LogP contribution is -3.14. The van der Waals surface area contributed by atoms with E-state index in [0.717, 1.165) is 30.8 Å². The maximum Gasteiger partial charge on any atom is 0.309 e. The second-order valence-electron chi connectivity index (χ2n) is 5.40. The molecule has 7 heteroatoms. The number of nitrogens with one attached hydrogen (secondary N) is 2. The summed E-state index contributed by atoms with van der Waals surface area (Å²) in [4.78, 5) is 24.7. The van der Waals surface area contributed by atoms with E-state index in [4.69, 9.17) is 27.9 Å². The van der Waals surface area contributed by atoms with Gasteiger partial charge < -0.3 is 15.0 Å². The Morgan fingerprint density at radius 3 is 2.59 bits per heavy atom. The number of esters is 1. The summed E-state index contributed by atoms with van der Waals surface area (Å²) in [5.74, 6) is -0.297. The van der Waals surface area contributed by atoms with E-state index < -0.39 is 0 Å². The highest BCUT2D eigenvalue weighted by Gasteiger charge is 2.29. The molecular formula is C15H19Cl2N2O3+. The smallest absolute Gasteiger partial charge is 0.309 e. The van der Waals surface area contributed by atoms with Gasteiger partial charge in [-0.25, -0.2) is 0 Å². The van der Waals surface area contributed by atoms with Crippen LogP contribution in [0.4, 0.5) is 5.69 Å². The molecule has 120 valence electrons. The topological polar surface area (TPSA) is 59.8 Å². The molecule has 0 unspecified atom stereocenters. The zero-order valence-electron chi connectivity index (χ0n) is 12.3. The summed E-state index contributed by atoms with van der Waals surface area (Å²) in [7, 11) is 1.41. The molecule has 2 N–H and O–H groups in total. The van der Waals surface area contributed by atoms with Crippen LogP contribution in [0.5, 0.6) is 0 Å². The van der Waals surface area contributed by atoms with Crippen LogP contribution in [-0.4, -0.2) is 38.6 Å². The molecule has 0 saturated carbocycles. The number of carbonyl (C=O) groups excluding carboxylic acids is 2. The molecule has 1 amide bonds. The van der Waals surface area contributed by atoms with Crippen LogP contribution in [0.2, 0.25) is 10.0 Å². The average molecular weight is 346 g/mol. The minimum absolute atomic E-state index is 0.0393. The van der Waals surface area contributed by atoms with Crippen LogP contribution >= 0.6 is 23.2 Å². The van der Waals surface area contributed by atoms with Crippen molar-refractivity contribution in [3.63, 3.8) is 0 Å². The summed E-state index contributed by atoms with van der Waals surface area (Å²) in [6.45, 7) is 1.91. The number of halogens is 2. The number of rotatable bonds is 4. The van der Waals surface area contributed by atoms with Crippen molar-refractivity contribution in [3.05, 3.63) is 28.2 Å². The minimum Gasteiger partial charge on any atom is -0.469 e. The fourth-order valence-corrected chi connectivity index (χ4v) is 3.07. The van der Waals surface area contributed by atoms with Crippen molar-refractivity contribution in [1.82, 2.24) is 0 Å². The summed E-state index contributed by atoms with van der Waals surface area (Å²) < 4.78 is 4.75. The van der Waals surface area contributed by atoms with E-state index in [-0.39, 0.29) is 17.8 Å². The number of quaternary nitrogens is 1. The third kappa shape index (κ3) is 4.60. The summed E-state index contributed by atoms with van der Waals surface area (Å²) in [6.07, 6.45) is 1.49. The van der Waals surface area contributed by atoms with Crippen LogP contribution in [0.3, 0.4) is 0 Å². The molecule has 1 saturated heterocycles. The second kappa shape index (κ2) is 7.81. The van der Waals surface area contributed by atoms with E-state index in [1.165, 1.54) is 7.11 Å². The van der Waals surface area contributed by atoms with Crippen LogP contribution in [0, 0.1) is 5.92 Å². The third-order valence-electron chi connectivity index (χ3n) is 3.84. The zero-order valence-corrected chi connectivity index (χ0v) is 13.8. The molecule has 0 aromatic heterocycles. The summed E-state index contributed by atoms with van der Waals surface area (Å²) >= 11 is 11.9. The number of hydrogen-bond donors (Lipinski definition) is 2. The van der Waals surface area contributed by atoms with Crippen LogP contribution < -0.4 is 10.2 Å². The SMILES string of the molecule is COC(=O)C1CC[NH+](CC(=O)Nc2ccc(Cl)cc2Cl)CC1. The van der Waals surface area contributed by atoms with Gasteiger partial charge in [0, 0.05) is 17.9 Å². The maximum atomic E-state index is 12.1. The molecule has 5 nitrogen and oxygen atoms in total. The first kappa shape index (κ1) is 17.1. The van der Waals surface area contributed by atoms with E-state index in [2.05, 4.69) is 5.32 Å². The largest absolute Gasteiger partial charge is 0.469 e. The number of piperidine rings is 1. The lowest BCUT2D eigenvalue weighted by molar-refractivity contribution is -0.897. The first-order chi connectivity index (χ1) is 10.5. The highest BCUT2D eigenvalue weighted by molar-refractivity contribution is 6.36. The Bertz CT molecular complexity index is 558. The molecule has 0 aliphatic carbocycles. The Morgan fingerprint density at radius 2 is 2.00 bits per heavy atom. The van der Waals surface area contributed by atoms with Gasteiger partial charge in [-0.15, -0.1) is 0 Å². The Balaban J connectivity index is 1.82. The standard InChI is InChI=1S/C15H18Cl2N2O3/c1-22-15(21)10-4-6-19(7-5-10)9-14(20)18-13-3-2-11(16)8-12(13)17/h2-3,8,10H,4-7,9H2,1H3,(H,18,20)/p+1. The van der Waals surface area contributed by atoms with Crippen molar-refractivity contribution < 1.29 is 19.2 Å². The van der Waals surface area contributed by atoms with Crippen molar-refractivity contribution in [2.45, 2.75) is 12.8 Å². The van der Waals surface area contributed by atoms with E-state index in [0.29, 0.717) is 22.3 Å². The van der Waals surface area contributed by atoms with Gasteiger partial charge in [-0.05, 0) is 18.2 Å². The quantitative estimate of drug-likeness (QED) is 0.811.